The number of nitrogens with zero attached hydrogens (tertiary/aromatic N) is 4. The number of imidazole rings is 1. The van der Waals surface area contributed by atoms with Gasteiger partial charge < -0.3 is 14.6 Å². The third-order valence-corrected chi connectivity index (χ3v) is 5.73. The lowest BCUT2D eigenvalue weighted by atomic mass is 9.86. The Morgan fingerprint density at radius 2 is 1.87 bits per heavy atom. The maximum Gasteiger partial charge on any atom is 0.490 e. The molecule has 2 aromatic rings. The van der Waals surface area contributed by atoms with Gasteiger partial charge in [0, 0.05) is 50.4 Å². The van der Waals surface area contributed by atoms with Gasteiger partial charge in [-0.25, -0.2) is 9.78 Å². The predicted octanol–water partition coefficient (Wildman–Crippen LogP) is 2.99. The number of carboxylic acids is 1. The Morgan fingerprint density at radius 3 is 2.42 bits per heavy atom. The molecule has 1 atom stereocenters. The zero-order valence-electron chi connectivity index (χ0n) is 17.4. The number of aryl methyl sites for hydroxylation is 2. The van der Waals surface area contributed by atoms with Gasteiger partial charge in [-0.2, -0.15) is 13.2 Å². The number of hydrogen-bond donors (Lipinski definition) is 1. The topological polar surface area (TPSA) is 78.7 Å². The lowest BCUT2D eigenvalue weighted by Gasteiger charge is -2.24. The average molecular weight is 438 g/mol. The van der Waals surface area contributed by atoms with Crippen molar-refractivity contribution in [3.05, 3.63) is 48.0 Å². The molecule has 1 amide bonds. The predicted molar refractivity (Wildman–Crippen MR) is 107 cm³/mol. The molecule has 1 unspecified atom stereocenters. The first-order chi connectivity index (χ1) is 14.5. The first-order valence-corrected chi connectivity index (χ1v) is 9.84. The van der Waals surface area contributed by atoms with E-state index in [0.29, 0.717) is 6.42 Å². The lowest BCUT2D eigenvalue weighted by Crippen LogP contribution is -2.31. The fraction of sp³-hybridized carbons (Fsp3) is 0.476. The SMILES string of the molecule is Cc1ccc(N2CC3(CCN(Cc4cncn4C)C3)CC2=O)cc1.O=C(O)C(F)(F)F. The third kappa shape index (κ3) is 5.43. The van der Waals surface area contributed by atoms with Crippen LogP contribution in [0.5, 0.6) is 0 Å². The van der Waals surface area contributed by atoms with E-state index in [9.17, 15) is 18.0 Å². The van der Waals surface area contributed by atoms with Gasteiger partial charge in [0.25, 0.3) is 0 Å². The van der Waals surface area contributed by atoms with E-state index in [2.05, 4.69) is 45.6 Å². The third-order valence-electron chi connectivity index (χ3n) is 5.73. The second-order valence-electron chi connectivity index (χ2n) is 8.25. The lowest BCUT2D eigenvalue weighted by molar-refractivity contribution is -0.192. The summed E-state index contributed by atoms with van der Waals surface area (Å²) in [5, 5.41) is 7.12. The Hall–Kier alpha value is -2.88. The summed E-state index contributed by atoms with van der Waals surface area (Å²) in [6.45, 7) is 5.88. The molecule has 2 fully saturated rings. The van der Waals surface area contributed by atoms with E-state index in [4.69, 9.17) is 9.90 Å². The van der Waals surface area contributed by atoms with Crippen LogP contribution in [0.25, 0.3) is 0 Å². The van der Waals surface area contributed by atoms with Gasteiger partial charge in [-0.3, -0.25) is 9.69 Å². The number of rotatable bonds is 3. The number of aliphatic carboxylic acids is 1. The number of carbonyl (C=O) groups excluding carboxylic acids is 1. The minimum Gasteiger partial charge on any atom is -0.475 e. The molecule has 31 heavy (non-hydrogen) atoms. The van der Waals surface area contributed by atoms with E-state index in [0.717, 1.165) is 38.3 Å². The molecule has 0 radical (unpaired) electrons. The number of alkyl halides is 3. The fourth-order valence-electron chi connectivity index (χ4n) is 4.06. The van der Waals surface area contributed by atoms with Crippen LogP contribution in [0.2, 0.25) is 0 Å². The van der Waals surface area contributed by atoms with Crippen LogP contribution in [-0.2, 0) is 23.2 Å². The normalized spacial score (nSPS) is 21.5. The van der Waals surface area contributed by atoms with Crippen molar-refractivity contribution >= 4 is 17.6 Å². The summed E-state index contributed by atoms with van der Waals surface area (Å²) >= 11 is 0. The van der Waals surface area contributed by atoms with E-state index in [1.54, 1.807) is 0 Å². The molecule has 0 saturated carbocycles. The number of carboxylic acid groups (broad SMARTS) is 1. The number of benzene rings is 1. The zero-order valence-corrected chi connectivity index (χ0v) is 17.4. The van der Waals surface area contributed by atoms with Crippen LogP contribution >= 0.6 is 0 Å². The van der Waals surface area contributed by atoms with Crippen LogP contribution in [0.15, 0.2) is 36.8 Å². The molecule has 2 aliphatic heterocycles. The maximum absolute atomic E-state index is 12.6. The van der Waals surface area contributed by atoms with Crippen molar-refractivity contribution in [3.8, 4) is 0 Å². The standard InChI is InChI=1S/C19H24N4O.C2HF3O2/c1-15-3-5-16(6-4-15)23-13-19(9-18(23)24)7-8-22(12-19)11-17-10-20-14-21(17)2;3-2(4,5)1(6)7/h3-6,10,14H,7-9,11-13H2,1-2H3;(H,6,7). The summed E-state index contributed by atoms with van der Waals surface area (Å²) in [5.74, 6) is -2.49. The Bertz CT molecular complexity index is 942. The van der Waals surface area contributed by atoms with Crippen LogP contribution in [0, 0.1) is 12.3 Å². The summed E-state index contributed by atoms with van der Waals surface area (Å²) < 4.78 is 33.8. The van der Waals surface area contributed by atoms with E-state index in [1.807, 2.05) is 24.5 Å². The molecule has 1 spiro atoms. The molecule has 3 heterocycles. The molecule has 10 heteroatoms. The summed E-state index contributed by atoms with van der Waals surface area (Å²) in [7, 11) is 2.03. The van der Waals surface area contributed by atoms with Crippen molar-refractivity contribution in [1.82, 2.24) is 14.5 Å². The summed E-state index contributed by atoms with van der Waals surface area (Å²) in [6.07, 6.45) is 0.463. The highest BCUT2D eigenvalue weighted by atomic mass is 19.4. The number of likely N-dealkylation sites (tertiary alicyclic amines) is 1. The molecular weight excluding hydrogens is 413 g/mol. The fourth-order valence-corrected chi connectivity index (χ4v) is 4.06. The minimum absolute atomic E-state index is 0.112. The highest BCUT2D eigenvalue weighted by Crippen LogP contribution is 2.42. The van der Waals surface area contributed by atoms with Gasteiger partial charge in [0.2, 0.25) is 5.91 Å². The molecule has 1 aromatic heterocycles. The van der Waals surface area contributed by atoms with Gasteiger partial charge in [0.15, 0.2) is 0 Å². The molecule has 168 valence electrons. The summed E-state index contributed by atoms with van der Waals surface area (Å²) in [5.41, 5.74) is 3.60. The molecule has 1 N–H and O–H groups in total. The van der Waals surface area contributed by atoms with Crippen LogP contribution in [0.4, 0.5) is 18.9 Å². The molecule has 0 aliphatic carbocycles. The second-order valence-corrected chi connectivity index (χ2v) is 8.25. The first kappa shape index (κ1) is 22.8. The van der Waals surface area contributed by atoms with Crippen molar-refractivity contribution in [2.75, 3.05) is 24.5 Å². The van der Waals surface area contributed by atoms with E-state index in [1.165, 1.54) is 11.3 Å². The number of halogens is 3. The average Bonchev–Trinajstić information content (AvgIpc) is 3.36. The quantitative estimate of drug-likeness (QED) is 0.797. The number of aromatic nitrogens is 2. The maximum atomic E-state index is 12.6. The van der Waals surface area contributed by atoms with Crippen LogP contribution in [0.1, 0.15) is 24.1 Å². The largest absolute Gasteiger partial charge is 0.490 e. The van der Waals surface area contributed by atoms with Crippen LogP contribution in [0.3, 0.4) is 0 Å². The monoisotopic (exact) mass is 438 g/mol. The zero-order chi connectivity index (χ0) is 22.8. The Balaban J connectivity index is 0.000000339. The molecular formula is C21H25F3N4O3. The molecule has 2 aliphatic rings. The van der Waals surface area contributed by atoms with Crippen molar-refractivity contribution in [2.24, 2.45) is 12.5 Å². The van der Waals surface area contributed by atoms with Crippen LogP contribution < -0.4 is 4.90 Å². The summed E-state index contributed by atoms with van der Waals surface area (Å²) in [4.78, 5) is 30.1. The number of carbonyl (C=O) groups is 2. The van der Waals surface area contributed by atoms with Crippen LogP contribution in [-0.4, -0.2) is 57.2 Å². The molecule has 0 bridgehead atoms. The van der Waals surface area contributed by atoms with Crippen molar-refractivity contribution in [1.29, 1.82) is 0 Å². The van der Waals surface area contributed by atoms with Gasteiger partial charge in [0.05, 0.1) is 12.0 Å². The van der Waals surface area contributed by atoms with Crippen molar-refractivity contribution < 1.29 is 27.9 Å². The van der Waals surface area contributed by atoms with Crippen molar-refractivity contribution in [2.45, 2.75) is 32.5 Å². The van der Waals surface area contributed by atoms with Gasteiger partial charge in [0.1, 0.15) is 0 Å². The van der Waals surface area contributed by atoms with E-state index >= 15 is 0 Å². The van der Waals surface area contributed by atoms with Gasteiger partial charge in [-0.1, -0.05) is 17.7 Å². The number of hydrogen-bond acceptors (Lipinski definition) is 4. The number of amides is 1. The summed E-state index contributed by atoms with van der Waals surface area (Å²) in [6, 6.07) is 8.29. The van der Waals surface area contributed by atoms with Gasteiger partial charge >= 0.3 is 12.1 Å². The van der Waals surface area contributed by atoms with E-state index < -0.39 is 12.1 Å². The molecule has 1 aromatic carbocycles. The molecule has 7 nitrogen and oxygen atoms in total. The highest BCUT2D eigenvalue weighted by molar-refractivity contribution is 5.96. The van der Waals surface area contributed by atoms with E-state index in [-0.39, 0.29) is 11.3 Å². The Morgan fingerprint density at radius 1 is 1.23 bits per heavy atom. The second kappa shape index (κ2) is 8.70. The van der Waals surface area contributed by atoms with Crippen molar-refractivity contribution in [3.63, 3.8) is 0 Å². The minimum atomic E-state index is -5.08. The molecule has 4 rings (SSSR count). The van der Waals surface area contributed by atoms with Gasteiger partial charge in [-0.15, -0.1) is 0 Å². The molecule has 2 saturated heterocycles. The smallest absolute Gasteiger partial charge is 0.475 e. The Labute approximate surface area is 178 Å². The first-order valence-electron chi connectivity index (χ1n) is 9.84. The number of anilines is 1. The highest BCUT2D eigenvalue weighted by Gasteiger charge is 2.47. The Kier molecular flexibility index (Phi) is 6.40. The van der Waals surface area contributed by atoms with Gasteiger partial charge in [-0.05, 0) is 32.0 Å².